The van der Waals surface area contributed by atoms with E-state index in [1.807, 2.05) is 26.2 Å². The molecule has 0 saturated carbocycles. The van der Waals surface area contributed by atoms with Crippen LogP contribution < -0.4 is 5.32 Å². The van der Waals surface area contributed by atoms with Crippen molar-refractivity contribution in [1.29, 1.82) is 0 Å². The van der Waals surface area contributed by atoms with E-state index in [0.29, 0.717) is 24.8 Å². The number of anilines is 1. The summed E-state index contributed by atoms with van der Waals surface area (Å²) in [6.45, 7) is 41.7. The van der Waals surface area contributed by atoms with Crippen molar-refractivity contribution in [3.63, 3.8) is 0 Å². The molecule has 1 aromatic carbocycles. The van der Waals surface area contributed by atoms with Gasteiger partial charge in [-0.3, -0.25) is 15.0 Å². The molecule has 1 N–H and O–H groups in total. The maximum absolute atomic E-state index is 11.7. The third-order valence-electron chi connectivity index (χ3n) is 12.6. The predicted octanol–water partition coefficient (Wildman–Crippen LogP) is 10.8. The lowest BCUT2D eigenvalue weighted by molar-refractivity contribution is -0.384. The van der Waals surface area contributed by atoms with Gasteiger partial charge in [0.05, 0.1) is 29.8 Å². The topological polar surface area (TPSA) is 89.3 Å². The van der Waals surface area contributed by atoms with Crippen LogP contribution in [0.4, 0.5) is 11.4 Å². The highest BCUT2D eigenvalue weighted by molar-refractivity contribution is 6.75. The molecule has 0 aromatic heterocycles. The molecular formula is C40H80N4O5Si3. The van der Waals surface area contributed by atoms with Gasteiger partial charge in [0, 0.05) is 25.7 Å². The van der Waals surface area contributed by atoms with Crippen LogP contribution in [0, 0.1) is 16.0 Å². The Balaban J connectivity index is 2.28. The summed E-state index contributed by atoms with van der Waals surface area (Å²) in [5, 5.41) is 15.4. The highest BCUT2D eigenvalue weighted by atomic mass is 28.4. The van der Waals surface area contributed by atoms with Gasteiger partial charge in [-0.2, -0.15) is 0 Å². The minimum absolute atomic E-state index is 0.0191. The molecule has 52 heavy (non-hydrogen) atoms. The largest absolute Gasteiger partial charge is 0.415 e. The van der Waals surface area contributed by atoms with Gasteiger partial charge in [0.1, 0.15) is 5.69 Å². The quantitative estimate of drug-likeness (QED) is 0.0682. The first kappa shape index (κ1) is 47.0. The Morgan fingerprint density at radius 3 is 1.85 bits per heavy atom. The minimum Gasteiger partial charge on any atom is -0.415 e. The van der Waals surface area contributed by atoms with Crippen LogP contribution in [-0.4, -0.2) is 98.3 Å². The van der Waals surface area contributed by atoms with Gasteiger partial charge in [-0.05, 0) is 105 Å². The van der Waals surface area contributed by atoms with Crippen LogP contribution in [0.25, 0.3) is 0 Å². The highest BCUT2D eigenvalue weighted by Crippen LogP contribution is 2.44. The predicted molar refractivity (Wildman–Crippen MR) is 229 cm³/mol. The number of piperidine rings is 1. The summed E-state index contributed by atoms with van der Waals surface area (Å²) in [5.41, 5.74) is 1.81. The summed E-state index contributed by atoms with van der Waals surface area (Å²) in [4.78, 5) is 16.1. The van der Waals surface area contributed by atoms with Gasteiger partial charge < -0.3 is 23.5 Å². The third kappa shape index (κ3) is 13.0. The van der Waals surface area contributed by atoms with Gasteiger partial charge in [0.25, 0.3) is 5.69 Å². The van der Waals surface area contributed by atoms with Gasteiger partial charge >= 0.3 is 0 Å². The molecule has 0 amide bonds. The van der Waals surface area contributed by atoms with Crippen LogP contribution in [-0.2, 0) is 19.8 Å². The van der Waals surface area contributed by atoms with Crippen LogP contribution in [0.2, 0.25) is 54.4 Å². The summed E-state index contributed by atoms with van der Waals surface area (Å²) < 4.78 is 21.9. The molecule has 2 rings (SSSR count). The van der Waals surface area contributed by atoms with Crippen LogP contribution in [0.3, 0.4) is 0 Å². The first-order valence-corrected chi connectivity index (χ1v) is 28.6. The third-order valence-corrected chi connectivity index (χ3v) is 26.0. The lowest BCUT2D eigenvalue weighted by Gasteiger charge is -2.54. The van der Waals surface area contributed by atoms with E-state index in [4.69, 9.17) is 13.3 Å². The second kappa shape index (κ2) is 18.2. The normalized spacial score (nSPS) is 21.5. The number of rotatable bonds is 18. The summed E-state index contributed by atoms with van der Waals surface area (Å²) >= 11 is 0. The van der Waals surface area contributed by atoms with E-state index in [-0.39, 0.29) is 44.0 Å². The van der Waals surface area contributed by atoms with Crippen molar-refractivity contribution in [2.24, 2.45) is 5.92 Å². The van der Waals surface area contributed by atoms with Crippen LogP contribution >= 0.6 is 0 Å². The summed E-state index contributed by atoms with van der Waals surface area (Å²) in [6.07, 6.45) is 4.17. The van der Waals surface area contributed by atoms with Crippen molar-refractivity contribution in [2.75, 3.05) is 45.7 Å². The van der Waals surface area contributed by atoms with Crippen LogP contribution in [0.1, 0.15) is 100 Å². The molecule has 1 saturated heterocycles. The molecule has 1 aliphatic rings. The number of hydrogen-bond donors (Lipinski definition) is 1. The fourth-order valence-corrected chi connectivity index (χ4v) is 9.80. The molecule has 4 atom stereocenters. The van der Waals surface area contributed by atoms with Gasteiger partial charge in [-0.25, -0.2) is 0 Å². The molecule has 0 bridgehead atoms. The van der Waals surface area contributed by atoms with Gasteiger partial charge in [0.15, 0.2) is 25.0 Å². The molecule has 1 aromatic rings. The first-order valence-electron chi connectivity index (χ1n) is 19.9. The van der Waals surface area contributed by atoms with E-state index in [9.17, 15) is 10.1 Å². The Hall–Kier alpha value is -1.13. The lowest BCUT2D eigenvalue weighted by Crippen LogP contribution is -2.66. The number of hydrogen-bond acceptors (Lipinski definition) is 8. The first-order chi connectivity index (χ1) is 23.5. The number of benzene rings is 1. The van der Waals surface area contributed by atoms with E-state index < -0.39 is 25.0 Å². The van der Waals surface area contributed by atoms with Crippen molar-refractivity contribution < 1.29 is 18.2 Å². The molecule has 0 aliphatic carbocycles. The Labute approximate surface area is 322 Å². The Bertz CT molecular complexity index is 1290. The minimum atomic E-state index is -2.16. The van der Waals surface area contributed by atoms with Crippen LogP contribution in [0.5, 0.6) is 0 Å². The highest BCUT2D eigenvalue weighted by Gasteiger charge is 2.52. The zero-order valence-electron chi connectivity index (χ0n) is 36.8. The van der Waals surface area contributed by atoms with Gasteiger partial charge in [-0.1, -0.05) is 88.1 Å². The molecule has 9 nitrogen and oxygen atoms in total. The van der Waals surface area contributed by atoms with Crippen molar-refractivity contribution in [1.82, 2.24) is 9.80 Å². The lowest BCUT2D eigenvalue weighted by atomic mass is 9.88. The maximum atomic E-state index is 11.7. The van der Waals surface area contributed by atoms with Crippen molar-refractivity contribution in [3.05, 3.63) is 33.9 Å². The SMILES string of the molecule is C[C@H]1CN(CCCCCCNc2cc(CN(C)C)ccc2[N+](=O)[O-])[C@H](CO[Si](C)(C)C(C)(C)C)[C@@H](O[Si](C)(C)C(C)(C)C)[C@@H]1O[Si](C)(C)C(C)(C)C. The van der Waals surface area contributed by atoms with E-state index in [1.165, 1.54) is 0 Å². The van der Waals surface area contributed by atoms with E-state index in [1.54, 1.807) is 6.07 Å². The number of likely N-dealkylation sites (tertiary alicyclic amines) is 1. The van der Waals surface area contributed by atoms with Crippen molar-refractivity contribution >= 4 is 36.3 Å². The van der Waals surface area contributed by atoms with Crippen molar-refractivity contribution in [2.45, 2.75) is 174 Å². The maximum Gasteiger partial charge on any atom is 0.292 e. The average molecular weight is 781 g/mol. The van der Waals surface area contributed by atoms with E-state index in [2.05, 4.69) is 124 Å². The number of unbranched alkanes of at least 4 members (excludes halogenated alkanes) is 3. The van der Waals surface area contributed by atoms with Crippen LogP contribution in [0.15, 0.2) is 18.2 Å². The second-order valence-electron chi connectivity index (χ2n) is 20.5. The zero-order chi connectivity index (χ0) is 40.1. The molecule has 0 unspecified atom stereocenters. The molecule has 0 spiro atoms. The summed E-state index contributed by atoms with van der Waals surface area (Å²) in [7, 11) is -2.25. The monoisotopic (exact) mass is 781 g/mol. The molecule has 1 heterocycles. The Kier molecular flexibility index (Phi) is 16.5. The summed E-state index contributed by atoms with van der Waals surface area (Å²) in [6, 6.07) is 5.51. The standard InChI is InChI=1S/C40H80N4O5Si3/c1-31-28-43(26-22-20-19-21-25-41-33-27-32(29-42(11)12)23-24-34(33)44(45)46)35(30-47-50(13,14)38(2,3)4)37(49-52(17,18)40(8,9)10)36(31)48-51(15,16)39(5,6)7/h23-24,27,31,35-37,41H,19-22,25-26,28-30H2,1-18H3/t31-,35+,36+,37+/m0/s1. The number of nitro groups is 1. The Morgan fingerprint density at radius 2 is 1.35 bits per heavy atom. The molecule has 12 heteroatoms. The zero-order valence-corrected chi connectivity index (χ0v) is 39.8. The van der Waals surface area contributed by atoms with E-state index in [0.717, 1.165) is 50.9 Å². The number of nitrogens with one attached hydrogen (secondary N) is 1. The molecular weight excluding hydrogens is 701 g/mol. The molecule has 0 radical (unpaired) electrons. The van der Waals surface area contributed by atoms with Gasteiger partial charge in [0.2, 0.25) is 0 Å². The van der Waals surface area contributed by atoms with E-state index >= 15 is 0 Å². The fourth-order valence-electron chi connectivity index (χ4n) is 6.05. The molecule has 1 aliphatic heterocycles. The smallest absolute Gasteiger partial charge is 0.292 e. The molecule has 302 valence electrons. The number of nitro benzene ring substituents is 1. The Morgan fingerprint density at radius 1 is 0.827 bits per heavy atom. The number of nitrogens with zero attached hydrogens (tertiary/aromatic N) is 3. The van der Waals surface area contributed by atoms with Gasteiger partial charge in [-0.15, -0.1) is 0 Å². The molecule has 1 fully saturated rings. The van der Waals surface area contributed by atoms with Crippen molar-refractivity contribution in [3.8, 4) is 0 Å². The average Bonchev–Trinajstić information content (AvgIpc) is 2.95. The fraction of sp³-hybridized carbons (Fsp3) is 0.850. The second-order valence-corrected chi connectivity index (χ2v) is 34.8. The summed E-state index contributed by atoms with van der Waals surface area (Å²) in [5.74, 6) is 0.330.